The molecule has 27 heavy (non-hydrogen) atoms. The Morgan fingerprint density at radius 3 is 2.63 bits per heavy atom. The van der Waals surface area contributed by atoms with Crippen molar-refractivity contribution >= 4 is 11.6 Å². The van der Waals surface area contributed by atoms with Crippen LogP contribution in [0.2, 0.25) is 0 Å². The lowest BCUT2D eigenvalue weighted by atomic mass is 10.1. The van der Waals surface area contributed by atoms with E-state index in [1.165, 1.54) is 19.3 Å². The summed E-state index contributed by atoms with van der Waals surface area (Å²) in [5, 5.41) is 7.97. The molecule has 4 rings (SSSR count). The molecule has 1 aliphatic heterocycles. The first-order valence-corrected chi connectivity index (χ1v) is 9.32. The highest BCUT2D eigenvalue weighted by Gasteiger charge is 2.12. The third-order valence-corrected chi connectivity index (χ3v) is 4.76. The fraction of sp³-hybridized carbons (Fsp3) is 0.350. The van der Waals surface area contributed by atoms with Crippen LogP contribution in [-0.4, -0.2) is 39.9 Å². The van der Waals surface area contributed by atoms with Crippen molar-refractivity contribution in [3.05, 3.63) is 54.6 Å². The Hall–Kier alpha value is -3.09. The number of anilines is 2. The molecule has 7 heteroatoms. The summed E-state index contributed by atoms with van der Waals surface area (Å²) >= 11 is 0. The summed E-state index contributed by atoms with van der Waals surface area (Å²) in [4.78, 5) is 11.1. The number of hydrogen-bond acceptors (Lipinski definition) is 6. The van der Waals surface area contributed by atoms with Crippen LogP contribution in [0.3, 0.4) is 0 Å². The quantitative estimate of drug-likeness (QED) is 0.724. The average Bonchev–Trinajstić information content (AvgIpc) is 3.22. The lowest BCUT2D eigenvalue weighted by Gasteiger charge is -2.27. The maximum absolute atomic E-state index is 5.20. The number of methoxy groups -OCH3 is 1. The van der Waals surface area contributed by atoms with Gasteiger partial charge in [-0.05, 0) is 49.6 Å². The molecule has 7 nitrogen and oxygen atoms in total. The van der Waals surface area contributed by atoms with Crippen molar-refractivity contribution < 1.29 is 4.74 Å². The summed E-state index contributed by atoms with van der Waals surface area (Å²) in [7, 11) is 1.66. The van der Waals surface area contributed by atoms with Gasteiger partial charge in [0.15, 0.2) is 0 Å². The smallest absolute Gasteiger partial charge is 0.134 e. The molecule has 2 aromatic heterocycles. The first-order chi connectivity index (χ1) is 13.3. The maximum atomic E-state index is 5.20. The van der Waals surface area contributed by atoms with Crippen molar-refractivity contribution in [1.82, 2.24) is 19.7 Å². The van der Waals surface area contributed by atoms with Gasteiger partial charge in [0.1, 0.15) is 23.7 Å². The molecular formula is C20H24N6O. The summed E-state index contributed by atoms with van der Waals surface area (Å²) in [6, 6.07) is 11.8. The van der Waals surface area contributed by atoms with Gasteiger partial charge in [-0.3, -0.25) is 0 Å². The Kier molecular flexibility index (Phi) is 5.18. The van der Waals surface area contributed by atoms with Crippen LogP contribution < -0.4 is 15.0 Å². The lowest BCUT2D eigenvalue weighted by molar-refractivity contribution is 0.414. The summed E-state index contributed by atoms with van der Waals surface area (Å²) in [5.74, 6) is 2.65. The van der Waals surface area contributed by atoms with Gasteiger partial charge in [0.2, 0.25) is 0 Å². The van der Waals surface area contributed by atoms with Crippen molar-refractivity contribution in [2.75, 3.05) is 30.4 Å². The first-order valence-electron chi connectivity index (χ1n) is 9.32. The lowest BCUT2D eigenvalue weighted by Crippen LogP contribution is -2.30. The highest BCUT2D eigenvalue weighted by Crippen LogP contribution is 2.19. The fourth-order valence-corrected chi connectivity index (χ4v) is 3.26. The van der Waals surface area contributed by atoms with Crippen LogP contribution in [0.4, 0.5) is 11.6 Å². The second-order valence-electron chi connectivity index (χ2n) is 6.61. The van der Waals surface area contributed by atoms with E-state index in [0.29, 0.717) is 6.54 Å². The predicted octanol–water partition coefficient (Wildman–Crippen LogP) is 3.27. The van der Waals surface area contributed by atoms with Crippen LogP contribution in [0.25, 0.3) is 5.69 Å². The number of nitrogens with one attached hydrogen (secondary N) is 1. The third-order valence-electron chi connectivity index (χ3n) is 4.76. The Labute approximate surface area is 159 Å². The van der Waals surface area contributed by atoms with Gasteiger partial charge in [-0.1, -0.05) is 0 Å². The molecule has 1 N–H and O–H groups in total. The molecule has 140 valence electrons. The number of ether oxygens (including phenoxy) is 1. The van der Waals surface area contributed by atoms with Crippen LogP contribution in [0.5, 0.6) is 5.75 Å². The van der Waals surface area contributed by atoms with E-state index in [1.54, 1.807) is 13.4 Å². The van der Waals surface area contributed by atoms with E-state index in [2.05, 4.69) is 25.3 Å². The number of hydrogen-bond donors (Lipinski definition) is 1. The van der Waals surface area contributed by atoms with Gasteiger partial charge in [0, 0.05) is 25.4 Å². The van der Waals surface area contributed by atoms with Crippen LogP contribution in [0, 0.1) is 0 Å². The van der Waals surface area contributed by atoms with Gasteiger partial charge in [0.25, 0.3) is 0 Å². The predicted molar refractivity (Wildman–Crippen MR) is 106 cm³/mol. The normalized spacial score (nSPS) is 14.2. The fourth-order valence-electron chi connectivity index (χ4n) is 3.26. The molecule has 0 atom stereocenters. The van der Waals surface area contributed by atoms with E-state index >= 15 is 0 Å². The average molecular weight is 364 g/mol. The minimum atomic E-state index is 0.611. The van der Waals surface area contributed by atoms with Gasteiger partial charge in [-0.25, -0.2) is 14.6 Å². The largest absolute Gasteiger partial charge is 0.497 e. The van der Waals surface area contributed by atoms with Crippen LogP contribution >= 0.6 is 0 Å². The minimum Gasteiger partial charge on any atom is -0.497 e. The topological polar surface area (TPSA) is 68.1 Å². The number of aromatic nitrogens is 4. The van der Waals surface area contributed by atoms with Gasteiger partial charge in [-0.2, -0.15) is 5.10 Å². The molecule has 0 spiro atoms. The summed E-state index contributed by atoms with van der Waals surface area (Å²) in [5.41, 5.74) is 1.94. The van der Waals surface area contributed by atoms with Crippen molar-refractivity contribution in [1.29, 1.82) is 0 Å². The SMILES string of the molecule is COc1ccc(-n2ccc(CNc3cc(N4CCCCC4)ncn3)n2)cc1. The van der Waals surface area contributed by atoms with E-state index in [9.17, 15) is 0 Å². The molecule has 0 bridgehead atoms. The van der Waals surface area contributed by atoms with Crippen molar-refractivity contribution in [3.63, 3.8) is 0 Å². The molecule has 0 amide bonds. The molecule has 0 unspecified atom stereocenters. The number of piperidine rings is 1. The molecular weight excluding hydrogens is 340 g/mol. The molecule has 1 aromatic carbocycles. The van der Waals surface area contributed by atoms with E-state index in [1.807, 2.05) is 47.3 Å². The second-order valence-corrected chi connectivity index (χ2v) is 6.61. The molecule has 1 fully saturated rings. The molecule has 1 saturated heterocycles. The van der Waals surface area contributed by atoms with Crippen LogP contribution in [0.15, 0.2) is 48.9 Å². The zero-order valence-corrected chi connectivity index (χ0v) is 15.5. The Balaban J connectivity index is 1.39. The first kappa shape index (κ1) is 17.3. The zero-order valence-electron chi connectivity index (χ0n) is 15.5. The molecule has 0 aliphatic carbocycles. The third kappa shape index (κ3) is 4.19. The highest BCUT2D eigenvalue weighted by molar-refractivity contribution is 5.48. The van der Waals surface area contributed by atoms with Crippen molar-refractivity contribution in [2.24, 2.45) is 0 Å². The monoisotopic (exact) mass is 364 g/mol. The van der Waals surface area contributed by atoms with E-state index < -0.39 is 0 Å². The summed E-state index contributed by atoms with van der Waals surface area (Å²) in [6.07, 6.45) is 7.36. The molecule has 0 radical (unpaired) electrons. The van der Waals surface area contributed by atoms with E-state index in [4.69, 9.17) is 4.74 Å². The van der Waals surface area contributed by atoms with Crippen LogP contribution in [-0.2, 0) is 6.54 Å². The maximum Gasteiger partial charge on any atom is 0.134 e. The second kappa shape index (κ2) is 8.07. The molecule has 0 saturated carbocycles. The molecule has 3 aromatic rings. The van der Waals surface area contributed by atoms with E-state index in [0.717, 1.165) is 41.9 Å². The van der Waals surface area contributed by atoms with E-state index in [-0.39, 0.29) is 0 Å². The Bertz CT molecular complexity index is 870. The van der Waals surface area contributed by atoms with Crippen LogP contribution in [0.1, 0.15) is 25.0 Å². The van der Waals surface area contributed by atoms with Crippen molar-refractivity contribution in [3.8, 4) is 11.4 Å². The zero-order chi connectivity index (χ0) is 18.5. The number of benzene rings is 1. The standard InChI is InChI=1S/C20H24N6O/c1-27-18-7-5-17(6-8-18)26-12-9-16(24-26)14-21-19-13-20(23-15-22-19)25-10-3-2-4-11-25/h5-9,12-13,15H,2-4,10-11,14H2,1H3,(H,21,22,23). The van der Waals surface area contributed by atoms with Gasteiger partial charge < -0.3 is 15.0 Å². The minimum absolute atomic E-state index is 0.611. The summed E-state index contributed by atoms with van der Waals surface area (Å²) < 4.78 is 7.05. The highest BCUT2D eigenvalue weighted by atomic mass is 16.5. The Morgan fingerprint density at radius 2 is 1.85 bits per heavy atom. The number of nitrogens with zero attached hydrogens (tertiary/aromatic N) is 5. The molecule has 3 heterocycles. The number of rotatable bonds is 6. The van der Waals surface area contributed by atoms with Gasteiger partial charge in [0.05, 0.1) is 25.0 Å². The summed E-state index contributed by atoms with van der Waals surface area (Å²) in [6.45, 7) is 2.76. The molecule has 1 aliphatic rings. The Morgan fingerprint density at radius 1 is 1.04 bits per heavy atom. The van der Waals surface area contributed by atoms with Crippen molar-refractivity contribution in [2.45, 2.75) is 25.8 Å². The van der Waals surface area contributed by atoms with Gasteiger partial charge >= 0.3 is 0 Å². The van der Waals surface area contributed by atoms with Gasteiger partial charge in [-0.15, -0.1) is 0 Å².